The second kappa shape index (κ2) is 8.87. The second-order valence-electron chi connectivity index (χ2n) is 7.01. The number of hydrogen-bond acceptors (Lipinski definition) is 0. The Morgan fingerprint density at radius 1 is 0.667 bits per heavy atom. The fraction of sp³-hybridized carbons (Fsp3) is 0.417. The van der Waals surface area contributed by atoms with Crippen LogP contribution in [0.15, 0.2) is 48.5 Å². The van der Waals surface area contributed by atoms with E-state index in [1.807, 2.05) is 0 Å². The topological polar surface area (TPSA) is 0 Å². The van der Waals surface area contributed by atoms with E-state index in [1.54, 1.807) is 0 Å². The number of aryl methyl sites for hydroxylation is 1. The summed E-state index contributed by atoms with van der Waals surface area (Å²) < 4.78 is 0. The van der Waals surface area contributed by atoms with Crippen molar-refractivity contribution < 1.29 is 0 Å². The van der Waals surface area contributed by atoms with Gasteiger partial charge in [0.1, 0.15) is 0 Å². The fourth-order valence-electron chi connectivity index (χ4n) is 3.52. The van der Waals surface area contributed by atoms with E-state index < -0.39 is 0 Å². The summed E-state index contributed by atoms with van der Waals surface area (Å²) in [5.74, 6) is 0. The highest BCUT2D eigenvalue weighted by Crippen LogP contribution is 2.24. The number of fused-ring (bicyclic) bond motifs is 2. The lowest BCUT2D eigenvalue weighted by Gasteiger charge is -2.06. The molecule has 3 rings (SSSR count). The molecule has 0 atom stereocenters. The molecule has 0 aliphatic rings. The van der Waals surface area contributed by atoms with Crippen molar-refractivity contribution in [2.45, 2.75) is 64.7 Å². The lowest BCUT2D eigenvalue weighted by molar-refractivity contribution is 0.575. The summed E-state index contributed by atoms with van der Waals surface area (Å²) >= 11 is 0. The second-order valence-corrected chi connectivity index (χ2v) is 7.01. The van der Waals surface area contributed by atoms with Gasteiger partial charge in [0.05, 0.1) is 0 Å². The van der Waals surface area contributed by atoms with Crippen molar-refractivity contribution in [3.8, 4) is 0 Å². The highest BCUT2D eigenvalue weighted by molar-refractivity contribution is 5.98. The van der Waals surface area contributed by atoms with Crippen molar-refractivity contribution in [1.29, 1.82) is 0 Å². The first-order valence-electron chi connectivity index (χ1n) is 9.70. The maximum Gasteiger partial charge on any atom is -0.0143 e. The molecular formula is C24H29. The quantitative estimate of drug-likeness (QED) is 0.283. The molecule has 0 spiro atoms. The first kappa shape index (κ1) is 17.0. The van der Waals surface area contributed by atoms with Gasteiger partial charge in [-0.1, -0.05) is 82.2 Å². The van der Waals surface area contributed by atoms with E-state index in [0.717, 1.165) is 6.42 Å². The molecule has 0 heterocycles. The van der Waals surface area contributed by atoms with Gasteiger partial charge in [-0.2, -0.15) is 0 Å². The van der Waals surface area contributed by atoms with Gasteiger partial charge in [0, 0.05) is 0 Å². The zero-order chi connectivity index (χ0) is 16.6. The zero-order valence-electron chi connectivity index (χ0n) is 15.0. The summed E-state index contributed by atoms with van der Waals surface area (Å²) in [6.45, 7) is 2.28. The Labute approximate surface area is 146 Å². The largest absolute Gasteiger partial charge is 0.0654 e. The van der Waals surface area contributed by atoms with Crippen LogP contribution in [0.25, 0.3) is 21.5 Å². The number of unbranched alkanes of at least 4 members (excludes halogenated alkanes) is 7. The summed E-state index contributed by atoms with van der Waals surface area (Å²) in [6, 6.07) is 21.2. The van der Waals surface area contributed by atoms with E-state index in [9.17, 15) is 0 Å². The minimum atomic E-state index is 1.16. The van der Waals surface area contributed by atoms with Gasteiger partial charge in [0.2, 0.25) is 0 Å². The molecule has 0 fully saturated rings. The maximum absolute atomic E-state index is 3.49. The first-order chi connectivity index (χ1) is 11.9. The summed E-state index contributed by atoms with van der Waals surface area (Å²) in [6.07, 6.45) is 12.2. The van der Waals surface area contributed by atoms with Crippen LogP contribution in [0.1, 0.15) is 63.9 Å². The predicted molar refractivity (Wildman–Crippen MR) is 107 cm³/mol. The Balaban J connectivity index is 1.53. The summed E-state index contributed by atoms with van der Waals surface area (Å²) in [4.78, 5) is 0. The lowest BCUT2D eigenvalue weighted by Crippen LogP contribution is -1.88. The van der Waals surface area contributed by atoms with Gasteiger partial charge in [0.25, 0.3) is 0 Å². The van der Waals surface area contributed by atoms with E-state index in [1.165, 1.54) is 78.5 Å². The maximum atomic E-state index is 3.49. The van der Waals surface area contributed by atoms with Crippen LogP contribution in [-0.2, 0) is 6.42 Å². The molecule has 3 aromatic carbocycles. The number of benzene rings is 3. The molecule has 0 saturated heterocycles. The lowest BCUT2D eigenvalue weighted by atomic mass is 9.99. The molecule has 0 heteroatoms. The van der Waals surface area contributed by atoms with Gasteiger partial charge in [-0.25, -0.2) is 0 Å². The highest BCUT2D eigenvalue weighted by Gasteiger charge is 2.01. The van der Waals surface area contributed by atoms with E-state index >= 15 is 0 Å². The SMILES string of the molecule is CCCCCCCCCCc1[c]cc2cc3ccccc3cc2c1. The van der Waals surface area contributed by atoms with Gasteiger partial charge < -0.3 is 0 Å². The van der Waals surface area contributed by atoms with Crippen LogP contribution in [0.5, 0.6) is 0 Å². The van der Waals surface area contributed by atoms with Crippen LogP contribution >= 0.6 is 0 Å². The Bertz CT molecular complexity index is 769. The van der Waals surface area contributed by atoms with Crippen molar-refractivity contribution in [1.82, 2.24) is 0 Å². The number of rotatable bonds is 9. The van der Waals surface area contributed by atoms with Crippen LogP contribution in [-0.4, -0.2) is 0 Å². The van der Waals surface area contributed by atoms with Gasteiger partial charge in [-0.05, 0) is 64.2 Å². The van der Waals surface area contributed by atoms with Crippen LogP contribution in [0.2, 0.25) is 0 Å². The van der Waals surface area contributed by atoms with Gasteiger partial charge in [-0.3, -0.25) is 0 Å². The Morgan fingerprint density at radius 2 is 1.29 bits per heavy atom. The average molecular weight is 317 g/mol. The highest BCUT2D eigenvalue weighted by atomic mass is 14.1. The van der Waals surface area contributed by atoms with E-state index in [-0.39, 0.29) is 0 Å². The summed E-state index contributed by atoms with van der Waals surface area (Å²) in [7, 11) is 0. The molecule has 0 bridgehead atoms. The van der Waals surface area contributed by atoms with Crippen molar-refractivity contribution in [3.05, 3.63) is 60.2 Å². The first-order valence-corrected chi connectivity index (χ1v) is 9.70. The van der Waals surface area contributed by atoms with Gasteiger partial charge in [0.15, 0.2) is 0 Å². The monoisotopic (exact) mass is 317 g/mol. The minimum Gasteiger partial charge on any atom is -0.0654 e. The molecule has 125 valence electrons. The average Bonchev–Trinajstić information content (AvgIpc) is 2.62. The third-order valence-electron chi connectivity index (χ3n) is 4.99. The Morgan fingerprint density at radius 3 is 2.00 bits per heavy atom. The molecule has 1 radical (unpaired) electrons. The van der Waals surface area contributed by atoms with Crippen LogP contribution in [0.3, 0.4) is 0 Å². The molecule has 0 unspecified atom stereocenters. The standard InChI is InChI=1S/C24H29/c1-2-3-4-5-6-7-8-9-12-20-15-16-23-18-21-13-10-11-14-22(21)19-24(23)17-20/h10-11,13-14,16-19H,2-9,12H2,1H3. The third-order valence-corrected chi connectivity index (χ3v) is 4.99. The molecule has 0 N–H and O–H groups in total. The van der Waals surface area contributed by atoms with Gasteiger partial charge in [-0.15, -0.1) is 0 Å². The van der Waals surface area contributed by atoms with E-state index in [4.69, 9.17) is 0 Å². The van der Waals surface area contributed by atoms with Crippen LogP contribution in [0, 0.1) is 6.07 Å². The Kier molecular flexibility index (Phi) is 6.29. The Hall–Kier alpha value is -1.82. The minimum absolute atomic E-state index is 1.16. The molecule has 0 amide bonds. The molecule has 0 saturated carbocycles. The molecule has 0 aliphatic heterocycles. The normalized spacial score (nSPS) is 11.4. The predicted octanol–water partition coefficient (Wildman–Crippen LogP) is 7.48. The van der Waals surface area contributed by atoms with Crippen molar-refractivity contribution in [3.63, 3.8) is 0 Å². The van der Waals surface area contributed by atoms with Crippen molar-refractivity contribution in [2.24, 2.45) is 0 Å². The fourth-order valence-corrected chi connectivity index (χ4v) is 3.52. The molecule has 0 aromatic heterocycles. The van der Waals surface area contributed by atoms with E-state index in [0.29, 0.717) is 0 Å². The molecule has 0 nitrogen and oxygen atoms in total. The van der Waals surface area contributed by atoms with Crippen LogP contribution in [0.4, 0.5) is 0 Å². The molecule has 0 aliphatic carbocycles. The van der Waals surface area contributed by atoms with Crippen molar-refractivity contribution >= 4 is 21.5 Å². The van der Waals surface area contributed by atoms with Crippen LogP contribution < -0.4 is 0 Å². The summed E-state index contributed by atoms with van der Waals surface area (Å²) in [5, 5.41) is 5.29. The number of hydrogen-bond donors (Lipinski definition) is 0. The third kappa shape index (κ3) is 4.60. The molecular weight excluding hydrogens is 288 g/mol. The smallest absolute Gasteiger partial charge is 0.0143 e. The van der Waals surface area contributed by atoms with Crippen molar-refractivity contribution in [2.75, 3.05) is 0 Å². The molecule has 24 heavy (non-hydrogen) atoms. The zero-order valence-corrected chi connectivity index (χ0v) is 15.0. The van der Waals surface area contributed by atoms with E-state index in [2.05, 4.69) is 61.5 Å². The molecule has 3 aromatic rings. The summed E-state index contributed by atoms with van der Waals surface area (Å²) in [5.41, 5.74) is 1.36. The van der Waals surface area contributed by atoms with Gasteiger partial charge >= 0.3 is 0 Å².